The van der Waals surface area contributed by atoms with E-state index in [0.717, 1.165) is 13.1 Å². The molecule has 0 aliphatic carbocycles. The summed E-state index contributed by atoms with van der Waals surface area (Å²) in [5.41, 5.74) is 0. The first-order chi connectivity index (χ1) is 3.63. The Bertz CT molecular complexity index is 42.5. The molecule has 0 atom stereocenters. The summed E-state index contributed by atoms with van der Waals surface area (Å²) in [5, 5.41) is 0. The maximum atomic E-state index is 2.18. The van der Waals surface area contributed by atoms with Gasteiger partial charge >= 0.3 is 0 Å². The molecular weight excluding hydrogens is 100 g/mol. The van der Waals surface area contributed by atoms with Crippen molar-refractivity contribution in [3.63, 3.8) is 0 Å². The van der Waals surface area contributed by atoms with Crippen molar-refractivity contribution in [3.8, 4) is 0 Å². The van der Waals surface area contributed by atoms with Gasteiger partial charge in [-0.1, -0.05) is 0 Å². The fourth-order valence-electron chi connectivity index (χ4n) is 0.400. The summed E-state index contributed by atoms with van der Waals surface area (Å²) >= 11 is 0. The third-order valence-electron chi connectivity index (χ3n) is 0.994. The number of hydrogen-bond acceptors (Lipinski definition) is 2. The first kappa shape index (κ1) is 7.92. The van der Waals surface area contributed by atoms with Crippen LogP contribution < -0.4 is 4.90 Å². The summed E-state index contributed by atoms with van der Waals surface area (Å²) in [6.45, 7) is 2.29. The van der Waals surface area contributed by atoms with Crippen LogP contribution in [0.25, 0.3) is 0 Å². The van der Waals surface area contributed by atoms with E-state index in [1.54, 1.807) is 0 Å². The van der Waals surface area contributed by atoms with Crippen LogP contribution in [0, 0.1) is 0 Å². The third kappa shape index (κ3) is 5.92. The van der Waals surface area contributed by atoms with Crippen LogP contribution in [0.4, 0.5) is 0 Å². The SMILES string of the molecule is CN(C)CC[N+](C)C. The lowest BCUT2D eigenvalue weighted by atomic mass is 10.5. The van der Waals surface area contributed by atoms with Gasteiger partial charge in [0.15, 0.2) is 0 Å². The van der Waals surface area contributed by atoms with Crippen LogP contribution in [-0.4, -0.2) is 46.2 Å². The Balaban J connectivity index is 2.93. The molecule has 0 fully saturated rings. The standard InChI is InChI=1S/C6H16N2/c1-7(2)5-6-8(3)4/h5-6H2,1-4H3/q+1. The molecule has 0 aromatic rings. The largest absolute Gasteiger partial charge is 0.304 e. The average molecular weight is 116 g/mol. The molecule has 8 heavy (non-hydrogen) atoms. The average Bonchev–Trinajstić information content (AvgIpc) is 1.61. The van der Waals surface area contributed by atoms with Gasteiger partial charge in [-0.2, -0.15) is 4.90 Å². The lowest BCUT2D eigenvalue weighted by Gasteiger charge is -2.07. The molecule has 0 aliphatic heterocycles. The van der Waals surface area contributed by atoms with Gasteiger partial charge in [0.1, 0.15) is 20.6 Å². The van der Waals surface area contributed by atoms with E-state index in [0.29, 0.717) is 0 Å². The van der Waals surface area contributed by atoms with Crippen LogP contribution in [-0.2, 0) is 0 Å². The summed E-state index contributed by atoms with van der Waals surface area (Å²) in [6, 6.07) is 0. The van der Waals surface area contributed by atoms with Gasteiger partial charge in [0, 0.05) is 0 Å². The topological polar surface area (TPSA) is 9.14 Å². The van der Waals surface area contributed by atoms with Gasteiger partial charge in [-0.3, -0.25) is 0 Å². The van der Waals surface area contributed by atoms with Crippen LogP contribution in [0.3, 0.4) is 0 Å². The van der Waals surface area contributed by atoms with Crippen molar-refractivity contribution in [2.45, 2.75) is 0 Å². The molecule has 0 N–H and O–H groups in total. The molecule has 0 rings (SSSR count). The quantitative estimate of drug-likeness (QED) is 0.470. The molecular formula is C6H16N2+. The van der Waals surface area contributed by atoms with E-state index >= 15 is 0 Å². The Kier molecular flexibility index (Phi) is 3.83. The number of rotatable bonds is 3. The minimum Gasteiger partial charge on any atom is -0.304 e. The Morgan fingerprint density at radius 2 is 1.75 bits per heavy atom. The smallest absolute Gasteiger partial charge is 0.134 e. The minimum atomic E-state index is 1.15. The zero-order chi connectivity index (χ0) is 6.57. The van der Waals surface area contributed by atoms with E-state index in [9.17, 15) is 0 Å². The maximum Gasteiger partial charge on any atom is 0.134 e. The first-order valence-corrected chi connectivity index (χ1v) is 2.92. The summed E-state index contributed by atoms with van der Waals surface area (Å²) < 4.78 is 0. The summed E-state index contributed by atoms with van der Waals surface area (Å²) in [5.74, 6) is 0. The molecule has 2 heteroatoms. The van der Waals surface area contributed by atoms with Crippen molar-refractivity contribution in [3.05, 3.63) is 0 Å². The van der Waals surface area contributed by atoms with E-state index < -0.39 is 0 Å². The maximum absolute atomic E-state index is 2.18. The molecule has 0 spiro atoms. The van der Waals surface area contributed by atoms with Gasteiger partial charge in [-0.05, 0) is 14.1 Å². The second-order valence-electron chi connectivity index (χ2n) is 2.61. The Hall–Kier alpha value is -0.0800. The van der Waals surface area contributed by atoms with Crippen LogP contribution in [0.2, 0.25) is 0 Å². The number of likely N-dealkylation sites (N-methyl/N-ethyl adjacent to an activating group) is 2. The van der Waals surface area contributed by atoms with Gasteiger partial charge < -0.3 is 4.90 Å². The van der Waals surface area contributed by atoms with E-state index in [4.69, 9.17) is 0 Å². The third-order valence-corrected chi connectivity index (χ3v) is 0.994. The molecule has 1 radical (unpaired) electrons. The van der Waals surface area contributed by atoms with Crippen LogP contribution >= 0.6 is 0 Å². The molecule has 0 aromatic heterocycles. The Labute approximate surface area is 52.1 Å². The predicted molar refractivity (Wildman–Crippen MR) is 37.4 cm³/mol. The van der Waals surface area contributed by atoms with E-state index in [2.05, 4.69) is 38.0 Å². The summed E-state index contributed by atoms with van der Waals surface area (Å²) in [4.78, 5) is 4.36. The van der Waals surface area contributed by atoms with Gasteiger partial charge in [-0.15, -0.1) is 0 Å². The predicted octanol–water partition coefficient (Wildman–Crippen LogP) is -0.0523. The van der Waals surface area contributed by atoms with Crippen LogP contribution in [0.5, 0.6) is 0 Å². The molecule has 0 aromatic carbocycles. The van der Waals surface area contributed by atoms with Gasteiger partial charge in [0.25, 0.3) is 0 Å². The van der Waals surface area contributed by atoms with Gasteiger partial charge in [-0.25, -0.2) is 0 Å². The van der Waals surface area contributed by atoms with Gasteiger partial charge in [0.05, 0.1) is 6.54 Å². The van der Waals surface area contributed by atoms with Crippen molar-refractivity contribution in [2.24, 2.45) is 0 Å². The summed E-state index contributed by atoms with van der Waals surface area (Å²) in [7, 11) is 8.35. The molecule has 0 saturated heterocycles. The highest BCUT2D eigenvalue weighted by atomic mass is 15.1. The second kappa shape index (κ2) is 3.87. The van der Waals surface area contributed by atoms with Crippen molar-refractivity contribution in [1.29, 1.82) is 0 Å². The normalized spacial score (nSPS) is 11.2. The minimum absolute atomic E-state index is 1.15. The highest BCUT2D eigenvalue weighted by molar-refractivity contribution is 4.50. The fourth-order valence-corrected chi connectivity index (χ4v) is 0.400. The highest BCUT2D eigenvalue weighted by Gasteiger charge is 1.97. The summed E-state index contributed by atoms with van der Waals surface area (Å²) in [6.07, 6.45) is 0. The Morgan fingerprint density at radius 3 is 1.88 bits per heavy atom. The van der Waals surface area contributed by atoms with Crippen molar-refractivity contribution in [2.75, 3.05) is 41.3 Å². The van der Waals surface area contributed by atoms with Gasteiger partial charge in [0.2, 0.25) is 0 Å². The van der Waals surface area contributed by atoms with Crippen molar-refractivity contribution in [1.82, 2.24) is 9.80 Å². The monoisotopic (exact) mass is 116 g/mol. The molecule has 0 heterocycles. The lowest BCUT2D eigenvalue weighted by Crippen LogP contribution is -2.29. The fraction of sp³-hybridized carbons (Fsp3) is 1.00. The van der Waals surface area contributed by atoms with Crippen LogP contribution in [0.1, 0.15) is 0 Å². The lowest BCUT2D eigenvalue weighted by molar-refractivity contribution is 0.375. The molecule has 0 unspecified atom stereocenters. The van der Waals surface area contributed by atoms with Crippen molar-refractivity contribution < 1.29 is 0 Å². The molecule has 0 aliphatic rings. The van der Waals surface area contributed by atoms with E-state index in [-0.39, 0.29) is 0 Å². The number of hydrogen-bond donors (Lipinski definition) is 0. The van der Waals surface area contributed by atoms with E-state index in [1.165, 1.54) is 0 Å². The van der Waals surface area contributed by atoms with Crippen LogP contribution in [0.15, 0.2) is 0 Å². The number of nitrogens with zero attached hydrogens (tertiary/aromatic N) is 2. The molecule has 2 nitrogen and oxygen atoms in total. The zero-order valence-corrected chi connectivity index (χ0v) is 6.31. The molecule has 49 valence electrons. The van der Waals surface area contributed by atoms with E-state index in [1.807, 2.05) is 0 Å². The Morgan fingerprint density at radius 1 is 1.25 bits per heavy atom. The molecule has 0 saturated carbocycles. The second-order valence-corrected chi connectivity index (χ2v) is 2.61. The highest BCUT2D eigenvalue weighted by Crippen LogP contribution is 1.73. The molecule has 0 bridgehead atoms. The van der Waals surface area contributed by atoms with Crippen molar-refractivity contribution >= 4 is 0 Å². The molecule has 0 amide bonds. The first-order valence-electron chi connectivity index (χ1n) is 2.92. The zero-order valence-electron chi connectivity index (χ0n) is 6.31.